The van der Waals surface area contributed by atoms with Crippen LogP contribution in [0, 0.1) is 0 Å². The standard InChI is InChI=1S/C17H22ClN3/c1-3-21(4-2)16(14-8-6-5-7-9-14)13-20-15-10-11-19-17(18)12-15/h5-12,16H,3-4,13H2,1-2H3,(H,19,20). The van der Waals surface area contributed by atoms with E-state index in [1.807, 2.05) is 12.1 Å². The van der Waals surface area contributed by atoms with Crippen LogP contribution in [0.4, 0.5) is 5.69 Å². The van der Waals surface area contributed by atoms with Crippen molar-refractivity contribution in [1.29, 1.82) is 0 Å². The minimum atomic E-state index is 0.341. The molecule has 1 heterocycles. The van der Waals surface area contributed by atoms with Crippen molar-refractivity contribution < 1.29 is 0 Å². The summed E-state index contributed by atoms with van der Waals surface area (Å²) < 4.78 is 0. The zero-order chi connectivity index (χ0) is 15.1. The first kappa shape index (κ1) is 15.8. The molecule has 3 nitrogen and oxygen atoms in total. The lowest BCUT2D eigenvalue weighted by Crippen LogP contribution is -2.33. The minimum absolute atomic E-state index is 0.341. The number of nitrogens with one attached hydrogen (secondary N) is 1. The van der Waals surface area contributed by atoms with Crippen LogP contribution in [0.15, 0.2) is 48.7 Å². The predicted octanol–water partition coefficient (Wildman–Crippen LogP) is 4.23. The number of hydrogen-bond donors (Lipinski definition) is 1. The molecule has 1 atom stereocenters. The Balaban J connectivity index is 2.13. The van der Waals surface area contributed by atoms with E-state index in [0.29, 0.717) is 11.2 Å². The van der Waals surface area contributed by atoms with Crippen molar-refractivity contribution >= 4 is 17.3 Å². The maximum atomic E-state index is 5.93. The molecule has 0 spiro atoms. The van der Waals surface area contributed by atoms with E-state index in [1.165, 1.54) is 5.56 Å². The van der Waals surface area contributed by atoms with Gasteiger partial charge in [-0.05, 0) is 30.8 Å². The molecule has 0 aliphatic carbocycles. The summed E-state index contributed by atoms with van der Waals surface area (Å²) in [6, 6.07) is 14.7. The van der Waals surface area contributed by atoms with Crippen LogP contribution >= 0.6 is 11.6 Å². The number of anilines is 1. The second-order valence-corrected chi connectivity index (χ2v) is 5.28. The van der Waals surface area contributed by atoms with Gasteiger partial charge >= 0.3 is 0 Å². The minimum Gasteiger partial charge on any atom is -0.383 e. The van der Waals surface area contributed by atoms with E-state index < -0.39 is 0 Å². The Morgan fingerprint density at radius 1 is 1.14 bits per heavy atom. The van der Waals surface area contributed by atoms with Gasteiger partial charge in [-0.1, -0.05) is 55.8 Å². The van der Waals surface area contributed by atoms with Crippen molar-refractivity contribution in [3.05, 3.63) is 59.4 Å². The van der Waals surface area contributed by atoms with Crippen LogP contribution in [0.5, 0.6) is 0 Å². The van der Waals surface area contributed by atoms with Crippen LogP contribution in [0.3, 0.4) is 0 Å². The van der Waals surface area contributed by atoms with Crippen LogP contribution in [-0.4, -0.2) is 29.5 Å². The number of pyridine rings is 1. The van der Waals surface area contributed by atoms with Gasteiger partial charge in [0.05, 0.1) is 6.04 Å². The maximum absolute atomic E-state index is 5.93. The van der Waals surface area contributed by atoms with Gasteiger partial charge in [0, 0.05) is 18.4 Å². The van der Waals surface area contributed by atoms with Crippen molar-refractivity contribution in [2.75, 3.05) is 25.0 Å². The molecule has 0 amide bonds. The maximum Gasteiger partial charge on any atom is 0.131 e. The van der Waals surface area contributed by atoms with Crippen molar-refractivity contribution in [1.82, 2.24) is 9.88 Å². The van der Waals surface area contributed by atoms with E-state index in [9.17, 15) is 0 Å². The van der Waals surface area contributed by atoms with Crippen LogP contribution in [0.25, 0.3) is 0 Å². The molecule has 0 bridgehead atoms. The van der Waals surface area contributed by atoms with Gasteiger partial charge in [-0.2, -0.15) is 0 Å². The normalized spacial score (nSPS) is 12.4. The molecule has 0 aliphatic heterocycles. The molecule has 2 aromatic rings. The van der Waals surface area contributed by atoms with Gasteiger partial charge in [-0.15, -0.1) is 0 Å². The van der Waals surface area contributed by atoms with E-state index in [-0.39, 0.29) is 0 Å². The van der Waals surface area contributed by atoms with Crippen molar-refractivity contribution in [2.24, 2.45) is 0 Å². The molecule has 21 heavy (non-hydrogen) atoms. The molecule has 0 aliphatic rings. The summed E-state index contributed by atoms with van der Waals surface area (Å²) in [5.74, 6) is 0. The Kier molecular flexibility index (Phi) is 6.03. The Labute approximate surface area is 132 Å². The lowest BCUT2D eigenvalue weighted by Gasteiger charge is -2.30. The molecule has 1 unspecified atom stereocenters. The largest absolute Gasteiger partial charge is 0.383 e. The van der Waals surface area contributed by atoms with Gasteiger partial charge in [0.15, 0.2) is 0 Å². The molecule has 1 aromatic heterocycles. The lowest BCUT2D eigenvalue weighted by molar-refractivity contribution is 0.228. The Hall–Kier alpha value is -1.58. The van der Waals surface area contributed by atoms with Gasteiger partial charge in [-0.25, -0.2) is 4.98 Å². The fraction of sp³-hybridized carbons (Fsp3) is 0.353. The number of rotatable bonds is 7. The molecule has 2 rings (SSSR count). The molecule has 112 valence electrons. The fourth-order valence-corrected chi connectivity index (χ4v) is 2.70. The number of nitrogens with zero attached hydrogens (tertiary/aromatic N) is 2. The summed E-state index contributed by atoms with van der Waals surface area (Å²) in [7, 11) is 0. The molecular weight excluding hydrogens is 282 g/mol. The van der Waals surface area contributed by atoms with Crippen LogP contribution in [0.2, 0.25) is 5.15 Å². The highest BCUT2D eigenvalue weighted by molar-refractivity contribution is 6.29. The summed E-state index contributed by atoms with van der Waals surface area (Å²) in [5, 5.41) is 3.98. The average Bonchev–Trinajstić information content (AvgIpc) is 2.52. The highest BCUT2D eigenvalue weighted by atomic mass is 35.5. The summed E-state index contributed by atoms with van der Waals surface area (Å²) in [6.07, 6.45) is 1.72. The molecule has 1 aromatic carbocycles. The zero-order valence-corrected chi connectivity index (χ0v) is 13.3. The lowest BCUT2D eigenvalue weighted by atomic mass is 10.0. The Morgan fingerprint density at radius 3 is 2.48 bits per heavy atom. The van der Waals surface area contributed by atoms with Crippen molar-refractivity contribution in [3.63, 3.8) is 0 Å². The highest BCUT2D eigenvalue weighted by Gasteiger charge is 2.17. The fourth-order valence-electron chi connectivity index (χ4n) is 2.52. The monoisotopic (exact) mass is 303 g/mol. The van der Waals surface area contributed by atoms with Crippen molar-refractivity contribution in [2.45, 2.75) is 19.9 Å². The summed E-state index contributed by atoms with van der Waals surface area (Å²) in [5.41, 5.74) is 2.33. The van der Waals surface area contributed by atoms with Gasteiger partial charge in [0.2, 0.25) is 0 Å². The number of likely N-dealkylation sites (N-methyl/N-ethyl adjacent to an activating group) is 1. The third kappa shape index (κ3) is 4.45. The predicted molar refractivity (Wildman–Crippen MR) is 89.8 cm³/mol. The molecular formula is C17H22ClN3. The number of hydrogen-bond acceptors (Lipinski definition) is 3. The average molecular weight is 304 g/mol. The molecule has 0 radical (unpaired) electrons. The third-order valence-electron chi connectivity index (χ3n) is 3.66. The second-order valence-electron chi connectivity index (χ2n) is 4.90. The SMILES string of the molecule is CCN(CC)C(CNc1ccnc(Cl)c1)c1ccccc1. The summed E-state index contributed by atoms with van der Waals surface area (Å²) >= 11 is 5.93. The van der Waals surface area contributed by atoms with E-state index in [0.717, 1.165) is 25.3 Å². The highest BCUT2D eigenvalue weighted by Crippen LogP contribution is 2.21. The first-order valence-electron chi connectivity index (χ1n) is 7.39. The number of aromatic nitrogens is 1. The van der Waals surface area contributed by atoms with Crippen LogP contribution in [-0.2, 0) is 0 Å². The Morgan fingerprint density at radius 2 is 1.86 bits per heavy atom. The third-order valence-corrected chi connectivity index (χ3v) is 3.87. The van der Waals surface area contributed by atoms with Crippen LogP contribution in [0.1, 0.15) is 25.5 Å². The summed E-state index contributed by atoms with van der Waals surface area (Å²) in [4.78, 5) is 6.46. The van der Waals surface area contributed by atoms with E-state index in [2.05, 4.69) is 59.4 Å². The van der Waals surface area contributed by atoms with Gasteiger partial charge in [0.1, 0.15) is 5.15 Å². The summed E-state index contributed by atoms with van der Waals surface area (Å²) in [6.45, 7) is 7.28. The smallest absolute Gasteiger partial charge is 0.131 e. The van der Waals surface area contributed by atoms with Crippen molar-refractivity contribution in [3.8, 4) is 0 Å². The van der Waals surface area contributed by atoms with Gasteiger partial charge in [0.25, 0.3) is 0 Å². The van der Waals surface area contributed by atoms with E-state index in [1.54, 1.807) is 6.20 Å². The van der Waals surface area contributed by atoms with E-state index >= 15 is 0 Å². The first-order valence-corrected chi connectivity index (χ1v) is 7.76. The number of halogens is 1. The topological polar surface area (TPSA) is 28.2 Å². The molecule has 4 heteroatoms. The quantitative estimate of drug-likeness (QED) is 0.776. The molecule has 1 N–H and O–H groups in total. The van der Waals surface area contributed by atoms with E-state index in [4.69, 9.17) is 11.6 Å². The number of benzene rings is 1. The first-order chi connectivity index (χ1) is 10.2. The Bertz CT molecular complexity index is 541. The molecule has 0 fully saturated rings. The van der Waals surface area contributed by atoms with Gasteiger partial charge < -0.3 is 5.32 Å². The zero-order valence-electron chi connectivity index (χ0n) is 12.6. The van der Waals surface area contributed by atoms with Gasteiger partial charge in [-0.3, -0.25) is 4.90 Å². The molecule has 0 saturated heterocycles. The van der Waals surface area contributed by atoms with Crippen LogP contribution < -0.4 is 5.32 Å². The second kappa shape index (κ2) is 8.01. The molecule has 0 saturated carbocycles.